The summed E-state index contributed by atoms with van der Waals surface area (Å²) in [6, 6.07) is 10.6. The van der Waals surface area contributed by atoms with E-state index in [-0.39, 0.29) is 66.0 Å². The fraction of sp³-hybridized carbons (Fsp3) is 0.432. The molecule has 4 aromatic rings. The van der Waals surface area contributed by atoms with Gasteiger partial charge in [-0.3, -0.25) is 9.59 Å². The van der Waals surface area contributed by atoms with E-state index in [4.69, 9.17) is 32.9 Å². The monoisotopic (exact) mass is 714 g/mol. The van der Waals surface area contributed by atoms with Gasteiger partial charge in [-0.05, 0) is 68.7 Å². The number of nitriles is 1. The molecule has 13 heteroatoms. The zero-order valence-corrected chi connectivity index (χ0v) is 28.7. The smallest absolute Gasteiger partial charge is 0.417 e. The van der Waals surface area contributed by atoms with Crippen LogP contribution in [0.25, 0.3) is 32.9 Å². The molecule has 0 spiro atoms. The molecule has 0 radical (unpaired) electrons. The number of aromatic nitrogens is 2. The Hall–Kier alpha value is -4.24. The Balaban J connectivity index is 1.29. The van der Waals surface area contributed by atoms with Crippen molar-refractivity contribution in [3.05, 3.63) is 63.1 Å². The van der Waals surface area contributed by atoms with Crippen LogP contribution in [-0.4, -0.2) is 69.0 Å². The lowest BCUT2D eigenvalue weighted by Crippen LogP contribution is -2.42. The van der Waals surface area contributed by atoms with E-state index in [1.54, 1.807) is 18.2 Å². The van der Waals surface area contributed by atoms with Gasteiger partial charge in [0.15, 0.2) is 12.4 Å². The number of nitrogens with zero attached hydrogens (tertiary/aromatic N) is 5. The number of likely N-dealkylation sites (tertiary alicyclic amines) is 1. The molecule has 10 rings (SSSR count). The predicted octanol–water partition coefficient (Wildman–Crippen LogP) is 6.63. The average Bonchev–Trinajstić information content (AvgIpc) is 3.48. The number of hydrogen-bond donors (Lipinski definition) is 1. The molecule has 5 atom stereocenters. The van der Waals surface area contributed by atoms with Crippen LogP contribution in [-0.2, 0) is 20.7 Å². The maximum Gasteiger partial charge on any atom is 0.417 e. The van der Waals surface area contributed by atoms with E-state index in [0.29, 0.717) is 39.6 Å². The summed E-state index contributed by atoms with van der Waals surface area (Å²) in [5, 5.41) is 15.2. The number of carbonyl (C=O) groups excluding carboxylic acids is 3. The Morgan fingerprint density at radius 3 is 2.68 bits per heavy atom. The zero-order valence-electron chi connectivity index (χ0n) is 27.2. The number of hydrogen-bond acceptors (Lipinski definition) is 7. The van der Waals surface area contributed by atoms with Gasteiger partial charge in [0.1, 0.15) is 5.52 Å². The van der Waals surface area contributed by atoms with Gasteiger partial charge in [-0.25, -0.2) is 19.1 Å². The number of ether oxygens (including phenoxy) is 1. The minimum absolute atomic E-state index is 0.0246. The number of benzene rings is 2. The number of fused-ring (bicyclic) bond motifs is 4. The number of pyridine rings is 1. The number of nitrogens with one attached hydrogen (secondary N) is 1. The third kappa shape index (κ3) is 4.68. The molecule has 2 bridgehead atoms. The first kappa shape index (κ1) is 31.7. The van der Waals surface area contributed by atoms with E-state index < -0.39 is 29.9 Å². The highest BCUT2D eigenvalue weighted by atomic mass is 35.5. The van der Waals surface area contributed by atoms with Gasteiger partial charge in [0, 0.05) is 64.8 Å². The molecule has 1 N–H and O–H groups in total. The molecule has 6 aliphatic rings. The number of imide groups is 1. The molecule has 3 amide bonds. The summed E-state index contributed by atoms with van der Waals surface area (Å²) < 4.78 is 24.5. The third-order valence-corrected chi connectivity index (χ3v) is 12.2. The molecule has 2 aromatic heterocycles. The molecule has 2 saturated carbocycles. The molecule has 6 fully saturated rings. The van der Waals surface area contributed by atoms with E-state index in [1.807, 2.05) is 17.9 Å². The SMILES string of the molecule is Cc1nc2c(F)c(-c3cccc(Cl)c3Cl)c(CCC#N)cc2c2c1cc([C@H]1C[C@H](N3C(=O)COC3=O)CN1C(=O)C1CC1)n2[C@H]1[C@H]2CN[C@@H]1C2. The molecule has 0 unspecified atom stereocenters. The first-order valence-electron chi connectivity index (χ1n) is 17.2. The van der Waals surface area contributed by atoms with Crippen LogP contribution in [0.4, 0.5) is 9.18 Å². The predicted molar refractivity (Wildman–Crippen MR) is 184 cm³/mol. The third-order valence-electron chi connectivity index (χ3n) is 11.4. The summed E-state index contributed by atoms with van der Waals surface area (Å²) in [6.45, 7) is 2.64. The minimum atomic E-state index is -0.678. The van der Waals surface area contributed by atoms with Gasteiger partial charge in [0.2, 0.25) is 5.91 Å². The molecule has 50 heavy (non-hydrogen) atoms. The number of rotatable bonds is 7. The Bertz CT molecular complexity index is 2180. The number of carbonyl (C=O) groups is 3. The molecule has 4 aliphatic heterocycles. The van der Waals surface area contributed by atoms with E-state index in [1.165, 1.54) is 4.90 Å². The van der Waals surface area contributed by atoms with Gasteiger partial charge in [0.25, 0.3) is 5.91 Å². The lowest BCUT2D eigenvalue weighted by atomic mass is 9.79. The Morgan fingerprint density at radius 2 is 2.00 bits per heavy atom. The molecular weight excluding hydrogens is 682 g/mol. The molecule has 6 heterocycles. The van der Waals surface area contributed by atoms with Crippen molar-refractivity contribution >= 4 is 62.9 Å². The average molecular weight is 716 g/mol. The molecule has 2 aromatic carbocycles. The van der Waals surface area contributed by atoms with Crippen LogP contribution in [0.2, 0.25) is 10.0 Å². The van der Waals surface area contributed by atoms with Crippen molar-refractivity contribution in [2.75, 3.05) is 19.7 Å². The van der Waals surface area contributed by atoms with Crippen LogP contribution < -0.4 is 5.32 Å². The number of cyclic esters (lactones) is 1. The van der Waals surface area contributed by atoms with Crippen LogP contribution in [0.15, 0.2) is 30.3 Å². The quantitative estimate of drug-likeness (QED) is 0.228. The van der Waals surface area contributed by atoms with Crippen LogP contribution in [0.5, 0.6) is 0 Å². The number of aryl methyl sites for hydroxylation is 2. The maximum absolute atomic E-state index is 17.1. The standard InChI is InChI=1S/C37H33Cl2FN6O4/c1-17-23-13-28(27-12-21(45-29(47)16-50-37(45)49)15-44(27)36(48)18-7-8-18)46(34-20-11-26(34)42-14-20)35(23)24-10-19(4-3-9-41)30(32(40)33(24)43-17)22-5-2-6-25(38)31(22)39/h2,5-6,10,13,18,20-21,26-27,34,42H,3-4,7-8,11-12,14-16H2,1H3/t20-,21+,26-,27-,34+/m1/s1. The van der Waals surface area contributed by atoms with E-state index in [9.17, 15) is 19.6 Å². The molecular formula is C37H33Cl2FN6O4. The van der Waals surface area contributed by atoms with E-state index >= 15 is 4.39 Å². The highest BCUT2D eigenvalue weighted by Gasteiger charge is 2.52. The summed E-state index contributed by atoms with van der Waals surface area (Å²) in [5.74, 6) is -0.647. The zero-order chi connectivity index (χ0) is 34.6. The van der Waals surface area contributed by atoms with Crippen LogP contribution in [0, 0.1) is 35.9 Å². The summed E-state index contributed by atoms with van der Waals surface area (Å²) in [5.41, 5.74) is 3.86. The normalized spacial score (nSPS) is 25.9. The molecule has 4 saturated heterocycles. The Morgan fingerprint density at radius 1 is 1.18 bits per heavy atom. The van der Waals surface area contributed by atoms with Crippen molar-refractivity contribution in [1.82, 2.24) is 24.7 Å². The fourth-order valence-corrected chi connectivity index (χ4v) is 9.30. The van der Waals surface area contributed by atoms with Gasteiger partial charge >= 0.3 is 6.09 Å². The second-order valence-corrected chi connectivity index (χ2v) is 15.1. The van der Waals surface area contributed by atoms with Crippen molar-refractivity contribution in [1.29, 1.82) is 5.26 Å². The molecule has 256 valence electrons. The second kappa shape index (κ2) is 11.7. The largest absolute Gasteiger partial charge is 0.439 e. The summed E-state index contributed by atoms with van der Waals surface area (Å²) in [4.78, 5) is 47.3. The van der Waals surface area contributed by atoms with Gasteiger partial charge in [-0.1, -0.05) is 35.3 Å². The van der Waals surface area contributed by atoms with Crippen molar-refractivity contribution in [3.8, 4) is 17.2 Å². The number of amides is 3. The van der Waals surface area contributed by atoms with Gasteiger partial charge < -0.3 is 19.5 Å². The van der Waals surface area contributed by atoms with Gasteiger partial charge in [-0.15, -0.1) is 0 Å². The summed E-state index contributed by atoms with van der Waals surface area (Å²) >= 11 is 13.0. The molecule has 10 nitrogen and oxygen atoms in total. The van der Waals surface area contributed by atoms with Gasteiger partial charge in [0.05, 0.1) is 39.8 Å². The first-order valence-corrected chi connectivity index (χ1v) is 17.9. The summed E-state index contributed by atoms with van der Waals surface area (Å²) in [7, 11) is 0. The van der Waals surface area contributed by atoms with E-state index in [0.717, 1.165) is 42.4 Å². The minimum Gasteiger partial charge on any atom is -0.439 e. The fourth-order valence-electron chi connectivity index (χ4n) is 8.91. The van der Waals surface area contributed by atoms with Crippen LogP contribution >= 0.6 is 23.2 Å². The van der Waals surface area contributed by atoms with Crippen LogP contribution in [0.3, 0.4) is 0 Å². The highest BCUT2D eigenvalue weighted by molar-refractivity contribution is 6.43. The van der Waals surface area contributed by atoms with Crippen molar-refractivity contribution in [2.45, 2.75) is 69.6 Å². The lowest BCUT2D eigenvalue weighted by Gasteiger charge is -2.39. The Labute approximate surface area is 297 Å². The van der Waals surface area contributed by atoms with Crippen LogP contribution in [0.1, 0.15) is 61.1 Å². The van der Waals surface area contributed by atoms with E-state index in [2.05, 4.69) is 22.0 Å². The first-order chi connectivity index (χ1) is 24.2. The lowest BCUT2D eigenvalue weighted by molar-refractivity contribution is -0.134. The van der Waals surface area contributed by atoms with Gasteiger partial charge in [-0.2, -0.15) is 5.26 Å². The van der Waals surface area contributed by atoms with Crippen molar-refractivity contribution in [3.63, 3.8) is 0 Å². The molecule has 2 aliphatic carbocycles. The number of halogens is 3. The maximum atomic E-state index is 17.1. The second-order valence-electron chi connectivity index (χ2n) is 14.3. The topological polar surface area (TPSA) is 121 Å². The summed E-state index contributed by atoms with van der Waals surface area (Å²) in [6.07, 6.45) is 2.79. The Kier molecular flexibility index (Phi) is 7.39. The van der Waals surface area contributed by atoms with Crippen molar-refractivity contribution < 1.29 is 23.5 Å². The highest BCUT2D eigenvalue weighted by Crippen LogP contribution is 2.51. The van der Waals surface area contributed by atoms with Crippen molar-refractivity contribution in [2.24, 2.45) is 11.8 Å².